The molecule has 2 saturated heterocycles. The van der Waals surface area contributed by atoms with Gasteiger partial charge in [0.2, 0.25) is 0 Å². The maximum Gasteiger partial charge on any atom is 0.343 e. The molecular weight excluding hydrogens is 1000 g/mol. The Morgan fingerprint density at radius 3 is 1.18 bits per heavy atom. The van der Waals surface area contributed by atoms with Crippen LogP contribution in [-0.4, -0.2) is 123 Å². The molecule has 396 valence electrons. The number of halogens is 2. The second-order valence-electron chi connectivity index (χ2n) is 20.2. The van der Waals surface area contributed by atoms with Crippen molar-refractivity contribution < 1.29 is 86.6 Å². The summed E-state index contributed by atoms with van der Waals surface area (Å²) in [6.45, 7) is 13.2. The van der Waals surface area contributed by atoms with Gasteiger partial charge in [-0.1, -0.05) is 86.3 Å². The van der Waals surface area contributed by atoms with E-state index in [0.717, 1.165) is 161 Å². The van der Waals surface area contributed by atoms with E-state index in [0.29, 0.717) is 24.3 Å². The van der Waals surface area contributed by atoms with E-state index in [1.54, 1.807) is 14.2 Å². The SMILES string of the molecule is CC[N+]1(CCCOc2ccc(OC)cc2)CCC(OC(=O)[C@](O)(c2ccccc2)C2CCCC2)C1.CC[N+]1(CCCOc2ccc(OC)cc2)CCC(OC(=O)[C@](O)(c2ccccc2)C2CCCC2)C1.[Br-].[Cl-]. The zero-order valence-electron chi connectivity index (χ0n) is 43.1. The molecule has 0 aromatic heterocycles. The topological polar surface area (TPSA) is 130 Å². The standard InChI is InChI=1S/2C29H40NO5.BrH.ClH/c2*1-3-30(19-9-21-34-26-16-14-25(33-2)15-17-26)20-18-27(22-30)35-28(31)29(32,24-12-7-8-13-24)23-10-5-4-6-11-23;;/h2*4-6,10-11,14-17,24,27,32H,3,7-9,12-13,18-22H2,1-2H3;2*1H/q2*+1;;/p-2/t2*27?,29-,30?;;/m00../s1. The van der Waals surface area contributed by atoms with Gasteiger partial charge in [0.1, 0.15) is 36.1 Å². The summed E-state index contributed by atoms with van der Waals surface area (Å²) < 4.78 is 36.1. The van der Waals surface area contributed by atoms with Gasteiger partial charge < -0.3 is 77.0 Å². The molecule has 2 saturated carbocycles. The van der Waals surface area contributed by atoms with Crippen LogP contribution in [0.2, 0.25) is 0 Å². The van der Waals surface area contributed by atoms with E-state index in [2.05, 4.69) is 13.8 Å². The highest BCUT2D eigenvalue weighted by Gasteiger charge is 2.51. The van der Waals surface area contributed by atoms with Crippen LogP contribution in [0.25, 0.3) is 0 Å². The zero-order chi connectivity index (χ0) is 49.5. The number of ether oxygens (including phenoxy) is 6. The smallest absolute Gasteiger partial charge is 0.343 e. The fourth-order valence-electron chi connectivity index (χ4n) is 11.7. The molecule has 8 rings (SSSR count). The van der Waals surface area contributed by atoms with Crippen LogP contribution < -0.4 is 48.3 Å². The molecule has 4 aromatic carbocycles. The fourth-order valence-corrected chi connectivity index (χ4v) is 11.7. The average molecular weight is 1080 g/mol. The van der Waals surface area contributed by atoms with E-state index in [1.165, 1.54) is 0 Å². The molecule has 12 nitrogen and oxygen atoms in total. The number of carbonyl (C=O) groups excluding carboxylic acids is 2. The number of methoxy groups -OCH3 is 2. The van der Waals surface area contributed by atoms with Crippen LogP contribution in [0.5, 0.6) is 23.0 Å². The van der Waals surface area contributed by atoms with Crippen molar-refractivity contribution in [3.63, 3.8) is 0 Å². The van der Waals surface area contributed by atoms with Crippen molar-refractivity contribution in [2.24, 2.45) is 11.8 Å². The number of hydrogen-bond donors (Lipinski definition) is 2. The molecule has 4 unspecified atom stereocenters. The van der Waals surface area contributed by atoms with Crippen molar-refractivity contribution in [3.8, 4) is 23.0 Å². The summed E-state index contributed by atoms with van der Waals surface area (Å²) in [5.41, 5.74) is -1.81. The van der Waals surface area contributed by atoms with Gasteiger partial charge in [-0.15, -0.1) is 0 Å². The highest BCUT2D eigenvalue weighted by Crippen LogP contribution is 2.44. The zero-order valence-corrected chi connectivity index (χ0v) is 45.4. The third kappa shape index (κ3) is 14.5. The predicted molar refractivity (Wildman–Crippen MR) is 271 cm³/mol. The number of esters is 2. The number of likely N-dealkylation sites (N-methyl/N-ethyl adjacent to an activating group) is 2. The highest BCUT2D eigenvalue weighted by atomic mass is 79.9. The van der Waals surface area contributed by atoms with Gasteiger partial charge >= 0.3 is 11.9 Å². The molecule has 2 aliphatic heterocycles. The van der Waals surface area contributed by atoms with Crippen LogP contribution in [0.3, 0.4) is 0 Å². The molecule has 14 heteroatoms. The molecule has 0 amide bonds. The Labute approximate surface area is 445 Å². The largest absolute Gasteiger partial charge is 1.00 e. The summed E-state index contributed by atoms with van der Waals surface area (Å²) in [6, 6.07) is 34.0. The third-order valence-corrected chi connectivity index (χ3v) is 16.1. The van der Waals surface area contributed by atoms with Gasteiger partial charge in [0, 0.05) is 37.5 Å². The number of aliphatic hydroxyl groups is 2. The Hall–Kier alpha value is -4.37. The maximum atomic E-state index is 13.5. The van der Waals surface area contributed by atoms with Crippen LogP contribution in [0.1, 0.15) is 102 Å². The monoisotopic (exact) mass is 1080 g/mol. The molecule has 2 heterocycles. The van der Waals surface area contributed by atoms with Gasteiger partial charge in [0.05, 0.1) is 66.7 Å². The quantitative estimate of drug-likeness (QED) is 0.0688. The van der Waals surface area contributed by atoms with Gasteiger partial charge in [-0.05, 0) is 99.2 Å². The van der Waals surface area contributed by atoms with Crippen molar-refractivity contribution >= 4 is 11.9 Å². The molecule has 0 spiro atoms. The Balaban J connectivity index is 0.000000260. The number of rotatable bonds is 22. The van der Waals surface area contributed by atoms with Crippen molar-refractivity contribution in [2.45, 2.75) is 114 Å². The molecular formula is C58H80BrClN2O10. The number of carbonyl (C=O) groups is 2. The number of nitrogens with zero attached hydrogens (tertiary/aromatic N) is 2. The number of quaternary nitrogens is 2. The van der Waals surface area contributed by atoms with Crippen LogP contribution in [0, 0.1) is 11.8 Å². The summed E-state index contributed by atoms with van der Waals surface area (Å²) >= 11 is 0. The molecule has 2 N–H and O–H groups in total. The van der Waals surface area contributed by atoms with Crippen molar-refractivity contribution in [3.05, 3.63) is 120 Å². The van der Waals surface area contributed by atoms with Crippen molar-refractivity contribution in [1.82, 2.24) is 0 Å². The number of likely N-dealkylation sites (tertiary alicyclic amines) is 2. The van der Waals surface area contributed by atoms with Gasteiger partial charge in [0.15, 0.2) is 23.4 Å². The van der Waals surface area contributed by atoms with Crippen LogP contribution in [0.4, 0.5) is 0 Å². The van der Waals surface area contributed by atoms with E-state index in [1.807, 2.05) is 109 Å². The normalized spacial score (nSPS) is 23.5. The molecule has 6 atom stereocenters. The van der Waals surface area contributed by atoms with E-state index in [4.69, 9.17) is 28.4 Å². The summed E-state index contributed by atoms with van der Waals surface area (Å²) in [5.74, 6) is 2.20. The summed E-state index contributed by atoms with van der Waals surface area (Å²) in [7, 11) is 3.31. The van der Waals surface area contributed by atoms with Gasteiger partial charge in [0.25, 0.3) is 0 Å². The maximum absolute atomic E-state index is 13.5. The first-order valence-corrected chi connectivity index (χ1v) is 26.2. The first-order valence-electron chi connectivity index (χ1n) is 26.2. The second kappa shape index (κ2) is 27.8. The molecule has 2 aliphatic carbocycles. The lowest BCUT2D eigenvalue weighted by molar-refractivity contribution is -0.916. The van der Waals surface area contributed by atoms with Crippen LogP contribution >= 0.6 is 0 Å². The lowest BCUT2D eigenvalue weighted by Gasteiger charge is -2.35. The molecule has 0 bridgehead atoms. The number of hydrogen-bond acceptors (Lipinski definition) is 10. The lowest BCUT2D eigenvalue weighted by Crippen LogP contribution is -3.00. The van der Waals surface area contributed by atoms with Crippen LogP contribution in [0.15, 0.2) is 109 Å². The molecule has 4 fully saturated rings. The van der Waals surface area contributed by atoms with Gasteiger partial charge in [-0.25, -0.2) is 9.59 Å². The van der Waals surface area contributed by atoms with E-state index >= 15 is 0 Å². The van der Waals surface area contributed by atoms with Gasteiger partial charge in [-0.3, -0.25) is 0 Å². The second-order valence-corrected chi connectivity index (χ2v) is 20.2. The van der Waals surface area contributed by atoms with Crippen LogP contribution in [-0.2, 0) is 30.3 Å². The Bertz CT molecular complexity index is 2060. The summed E-state index contributed by atoms with van der Waals surface area (Å²) in [5, 5.41) is 23.4. The summed E-state index contributed by atoms with van der Waals surface area (Å²) in [6.07, 6.45) is 10.8. The molecule has 72 heavy (non-hydrogen) atoms. The minimum Gasteiger partial charge on any atom is -1.00 e. The van der Waals surface area contributed by atoms with Crippen molar-refractivity contribution in [2.75, 3.05) is 79.8 Å². The Kier molecular flexibility index (Phi) is 22.6. The minimum absolute atomic E-state index is 0. The number of benzene rings is 4. The van der Waals surface area contributed by atoms with E-state index < -0.39 is 23.1 Å². The third-order valence-electron chi connectivity index (χ3n) is 16.1. The summed E-state index contributed by atoms with van der Waals surface area (Å²) in [4.78, 5) is 26.9. The fraction of sp³-hybridized carbons (Fsp3) is 0.552. The first-order chi connectivity index (χ1) is 34.0. The van der Waals surface area contributed by atoms with Gasteiger partial charge in [-0.2, -0.15) is 0 Å². The van der Waals surface area contributed by atoms with Crippen molar-refractivity contribution in [1.29, 1.82) is 0 Å². The van der Waals surface area contributed by atoms with E-state index in [-0.39, 0.29) is 53.4 Å². The molecule has 0 radical (unpaired) electrons. The van der Waals surface area contributed by atoms with E-state index in [9.17, 15) is 19.8 Å². The highest BCUT2D eigenvalue weighted by molar-refractivity contribution is 5.82. The minimum atomic E-state index is -1.56. The molecule has 4 aliphatic rings. The lowest BCUT2D eigenvalue weighted by atomic mass is 9.80. The molecule has 4 aromatic rings. The first kappa shape index (κ1) is 58.5. The Morgan fingerprint density at radius 1 is 0.528 bits per heavy atom. The Morgan fingerprint density at radius 2 is 0.861 bits per heavy atom. The average Bonchev–Trinajstić information content (AvgIpc) is 4.27. The predicted octanol–water partition coefficient (Wildman–Crippen LogP) is 3.40.